The summed E-state index contributed by atoms with van der Waals surface area (Å²) >= 11 is 12.4. The van der Waals surface area contributed by atoms with Gasteiger partial charge in [0.2, 0.25) is 0 Å². The molecule has 1 aromatic carbocycles. The van der Waals surface area contributed by atoms with Crippen molar-refractivity contribution in [3.8, 4) is 0 Å². The highest BCUT2D eigenvalue weighted by Gasteiger charge is 2.22. The average Bonchev–Trinajstić information content (AvgIpc) is 2.05. The minimum atomic E-state index is -0.463. The molecule has 3 heteroatoms. The van der Waals surface area contributed by atoms with Crippen molar-refractivity contribution >= 4 is 23.2 Å². The fourth-order valence-electron chi connectivity index (χ4n) is 1.62. The zero-order valence-electron chi connectivity index (χ0n) is 9.22. The predicted molar refractivity (Wildman–Crippen MR) is 65.7 cm³/mol. The summed E-state index contributed by atoms with van der Waals surface area (Å²) in [7, 11) is 0. The number of alkyl halides is 1. The van der Waals surface area contributed by atoms with Crippen molar-refractivity contribution in [2.24, 2.45) is 0 Å². The molecule has 0 saturated heterocycles. The molecule has 0 aliphatic heterocycles. The molecule has 0 aliphatic carbocycles. The molecule has 0 saturated carbocycles. The smallest absolute Gasteiger partial charge is 0.0641 e. The molecule has 1 N–H and O–H groups in total. The Balaban J connectivity index is 3.21. The first-order valence-electron chi connectivity index (χ1n) is 4.97. The second-order valence-corrected chi connectivity index (χ2v) is 5.64. The summed E-state index contributed by atoms with van der Waals surface area (Å²) in [5.74, 6) is 0. The van der Waals surface area contributed by atoms with Gasteiger partial charge in [0.05, 0.1) is 11.0 Å². The van der Waals surface area contributed by atoms with Crippen LogP contribution in [0.15, 0.2) is 18.2 Å². The average molecular weight is 247 g/mol. The van der Waals surface area contributed by atoms with Gasteiger partial charge in [-0.2, -0.15) is 0 Å². The predicted octanol–water partition coefficient (Wildman–Crippen LogP) is 3.74. The lowest BCUT2D eigenvalue weighted by Gasteiger charge is -2.22. The maximum atomic E-state index is 9.42. The van der Waals surface area contributed by atoms with Crippen LogP contribution in [0.4, 0.5) is 0 Å². The SMILES string of the molecule is CC(O)Cc1c(Cl)cccc1C(C)(C)Cl. The summed E-state index contributed by atoms with van der Waals surface area (Å²) in [4.78, 5) is -0.463. The minimum absolute atomic E-state index is 0.414. The Morgan fingerprint density at radius 1 is 1.40 bits per heavy atom. The molecule has 0 spiro atoms. The van der Waals surface area contributed by atoms with Gasteiger partial charge in [0.1, 0.15) is 0 Å². The quantitative estimate of drug-likeness (QED) is 0.807. The van der Waals surface area contributed by atoms with Crippen molar-refractivity contribution in [3.05, 3.63) is 34.3 Å². The molecule has 0 radical (unpaired) electrons. The van der Waals surface area contributed by atoms with Crippen LogP contribution < -0.4 is 0 Å². The van der Waals surface area contributed by atoms with Gasteiger partial charge in [0, 0.05) is 5.02 Å². The lowest BCUT2D eigenvalue weighted by Crippen LogP contribution is -2.15. The van der Waals surface area contributed by atoms with Crippen molar-refractivity contribution in [2.75, 3.05) is 0 Å². The summed E-state index contributed by atoms with van der Waals surface area (Å²) in [6.07, 6.45) is 0.119. The van der Waals surface area contributed by atoms with Crippen LogP contribution >= 0.6 is 23.2 Å². The van der Waals surface area contributed by atoms with E-state index < -0.39 is 11.0 Å². The Morgan fingerprint density at radius 2 is 2.00 bits per heavy atom. The number of hydrogen-bond donors (Lipinski definition) is 1. The van der Waals surface area contributed by atoms with Crippen LogP contribution in [0.5, 0.6) is 0 Å². The zero-order chi connectivity index (χ0) is 11.6. The third-order valence-electron chi connectivity index (χ3n) is 2.26. The van der Waals surface area contributed by atoms with Crippen LogP contribution in [-0.4, -0.2) is 11.2 Å². The van der Waals surface area contributed by atoms with Crippen LogP contribution in [-0.2, 0) is 11.3 Å². The molecule has 1 unspecified atom stereocenters. The standard InChI is InChI=1S/C12H16Cl2O/c1-8(15)7-9-10(12(2,3)14)5-4-6-11(9)13/h4-6,8,15H,7H2,1-3H3. The third-order valence-corrected chi connectivity index (χ3v) is 2.82. The Hall–Kier alpha value is -0.240. The molecule has 15 heavy (non-hydrogen) atoms. The van der Waals surface area contributed by atoms with Gasteiger partial charge in [-0.1, -0.05) is 23.7 Å². The number of aliphatic hydroxyl groups excluding tert-OH is 1. The lowest BCUT2D eigenvalue weighted by atomic mass is 9.93. The first-order valence-corrected chi connectivity index (χ1v) is 5.73. The molecule has 0 aromatic heterocycles. The van der Waals surface area contributed by atoms with Gasteiger partial charge >= 0.3 is 0 Å². The Morgan fingerprint density at radius 3 is 2.47 bits per heavy atom. The Labute approximate surface area is 101 Å². The number of hydrogen-bond acceptors (Lipinski definition) is 1. The van der Waals surface area contributed by atoms with Gasteiger partial charge in [-0.05, 0) is 44.4 Å². The molecule has 0 fully saturated rings. The van der Waals surface area contributed by atoms with E-state index in [1.807, 2.05) is 32.0 Å². The summed E-state index contributed by atoms with van der Waals surface area (Å²) in [6.45, 7) is 5.59. The van der Waals surface area contributed by atoms with Crippen LogP contribution in [0.1, 0.15) is 31.9 Å². The molecule has 1 atom stereocenters. The van der Waals surface area contributed by atoms with E-state index >= 15 is 0 Å². The van der Waals surface area contributed by atoms with Gasteiger partial charge in [-0.15, -0.1) is 11.6 Å². The van der Waals surface area contributed by atoms with E-state index in [9.17, 15) is 5.11 Å². The van der Waals surface area contributed by atoms with Gasteiger partial charge in [0.15, 0.2) is 0 Å². The van der Waals surface area contributed by atoms with Gasteiger partial charge in [-0.25, -0.2) is 0 Å². The largest absolute Gasteiger partial charge is 0.393 e. The van der Waals surface area contributed by atoms with Crippen LogP contribution in [0.3, 0.4) is 0 Å². The second-order valence-electron chi connectivity index (χ2n) is 4.29. The third kappa shape index (κ3) is 3.37. The first kappa shape index (κ1) is 12.8. The van der Waals surface area contributed by atoms with Crippen LogP contribution in [0.25, 0.3) is 0 Å². The van der Waals surface area contributed by atoms with E-state index in [0.717, 1.165) is 11.1 Å². The van der Waals surface area contributed by atoms with Crippen molar-refractivity contribution in [2.45, 2.75) is 38.2 Å². The minimum Gasteiger partial charge on any atom is -0.393 e. The van der Waals surface area contributed by atoms with Gasteiger partial charge in [0.25, 0.3) is 0 Å². The van der Waals surface area contributed by atoms with E-state index in [1.165, 1.54) is 0 Å². The van der Waals surface area contributed by atoms with Gasteiger partial charge < -0.3 is 5.11 Å². The highest BCUT2D eigenvalue weighted by Crippen LogP contribution is 2.34. The van der Waals surface area contributed by atoms with Crippen molar-refractivity contribution in [1.82, 2.24) is 0 Å². The highest BCUT2D eigenvalue weighted by molar-refractivity contribution is 6.31. The molecule has 1 aromatic rings. The topological polar surface area (TPSA) is 20.2 Å². The molecule has 0 bridgehead atoms. The fraction of sp³-hybridized carbons (Fsp3) is 0.500. The van der Waals surface area contributed by atoms with E-state index in [2.05, 4.69) is 0 Å². The molecule has 1 rings (SSSR count). The first-order chi connectivity index (χ1) is 6.82. The molecular formula is C12H16Cl2O. The summed E-state index contributed by atoms with van der Waals surface area (Å²) in [5.41, 5.74) is 1.92. The lowest BCUT2D eigenvalue weighted by molar-refractivity contribution is 0.195. The molecule has 1 nitrogen and oxygen atoms in total. The molecule has 0 amide bonds. The van der Waals surface area contributed by atoms with E-state index in [1.54, 1.807) is 6.92 Å². The van der Waals surface area contributed by atoms with Crippen LogP contribution in [0.2, 0.25) is 5.02 Å². The van der Waals surface area contributed by atoms with Crippen molar-refractivity contribution in [3.63, 3.8) is 0 Å². The summed E-state index contributed by atoms with van der Waals surface area (Å²) < 4.78 is 0. The summed E-state index contributed by atoms with van der Waals surface area (Å²) in [5, 5.41) is 10.1. The maximum absolute atomic E-state index is 9.42. The Kier molecular flexibility index (Phi) is 4.05. The van der Waals surface area contributed by atoms with Crippen molar-refractivity contribution in [1.29, 1.82) is 0 Å². The number of rotatable bonds is 3. The fourth-order valence-corrected chi connectivity index (χ4v) is 2.05. The van der Waals surface area contributed by atoms with Crippen LogP contribution in [0, 0.1) is 0 Å². The van der Waals surface area contributed by atoms with Crippen molar-refractivity contribution < 1.29 is 5.11 Å². The number of aliphatic hydroxyl groups is 1. The maximum Gasteiger partial charge on any atom is 0.0641 e. The van der Waals surface area contributed by atoms with E-state index in [0.29, 0.717) is 11.4 Å². The van der Waals surface area contributed by atoms with E-state index in [-0.39, 0.29) is 0 Å². The number of halogens is 2. The molecule has 0 aliphatic rings. The highest BCUT2D eigenvalue weighted by atomic mass is 35.5. The van der Waals surface area contributed by atoms with Gasteiger partial charge in [-0.3, -0.25) is 0 Å². The molecular weight excluding hydrogens is 231 g/mol. The Bertz CT molecular complexity index is 340. The van der Waals surface area contributed by atoms with E-state index in [4.69, 9.17) is 23.2 Å². The molecule has 84 valence electrons. The zero-order valence-corrected chi connectivity index (χ0v) is 10.7. The normalized spacial score (nSPS) is 14.0. The molecule has 0 heterocycles. The monoisotopic (exact) mass is 246 g/mol. The second kappa shape index (κ2) is 4.73. The number of benzene rings is 1. The summed E-state index contributed by atoms with van der Waals surface area (Å²) in [6, 6.07) is 5.66.